The van der Waals surface area contributed by atoms with Crippen LogP contribution >= 0.6 is 11.8 Å². The molecule has 1 amide bonds. The molecule has 4 rings (SSSR count). The number of fused-ring (bicyclic) bond motifs is 1. The van der Waals surface area contributed by atoms with Gasteiger partial charge in [-0.2, -0.15) is 0 Å². The Morgan fingerprint density at radius 3 is 2.63 bits per heavy atom. The standard InChI is InChI=1S/C23H27N5OS/c1-5-7-19-25-26-23-28(19)27-20(17-12-10-14(2)11-13-17)21(30-23)22(29)24-18-9-6-8-15(3)16(18)4/h6,8-13,20-21,27H,5,7H2,1-4H3,(H,24,29)/t20-,21+/m0/s1. The molecule has 0 aliphatic carbocycles. The van der Waals surface area contributed by atoms with E-state index in [2.05, 4.69) is 72.0 Å². The summed E-state index contributed by atoms with van der Waals surface area (Å²) in [5, 5.41) is 12.1. The highest BCUT2D eigenvalue weighted by Crippen LogP contribution is 2.38. The van der Waals surface area contributed by atoms with Gasteiger partial charge in [-0.1, -0.05) is 60.6 Å². The molecule has 2 heterocycles. The maximum Gasteiger partial charge on any atom is 0.240 e. The van der Waals surface area contributed by atoms with E-state index in [0.29, 0.717) is 0 Å². The lowest BCUT2D eigenvalue weighted by Gasteiger charge is -2.33. The van der Waals surface area contributed by atoms with Crippen molar-refractivity contribution >= 4 is 23.4 Å². The predicted molar refractivity (Wildman–Crippen MR) is 121 cm³/mol. The Hall–Kier alpha value is -2.80. The number of hydrogen-bond donors (Lipinski definition) is 2. The van der Waals surface area contributed by atoms with Crippen LogP contribution in [0.3, 0.4) is 0 Å². The Morgan fingerprint density at radius 2 is 1.90 bits per heavy atom. The number of anilines is 1. The molecule has 0 bridgehead atoms. The van der Waals surface area contributed by atoms with Crippen LogP contribution in [0.15, 0.2) is 47.6 Å². The molecule has 1 aromatic heterocycles. The summed E-state index contributed by atoms with van der Waals surface area (Å²) in [4.78, 5) is 13.4. The molecule has 2 N–H and O–H groups in total. The number of carbonyl (C=O) groups excluding carboxylic acids is 1. The fourth-order valence-corrected chi connectivity index (χ4v) is 4.70. The minimum Gasteiger partial charge on any atom is -0.325 e. The number of hydrogen-bond acceptors (Lipinski definition) is 5. The topological polar surface area (TPSA) is 71.8 Å². The number of thioether (sulfide) groups is 1. The third-order valence-corrected chi connectivity index (χ3v) is 6.75. The van der Waals surface area contributed by atoms with Crippen LogP contribution in [0.2, 0.25) is 0 Å². The Balaban J connectivity index is 1.68. The number of nitrogens with zero attached hydrogens (tertiary/aromatic N) is 3. The van der Waals surface area contributed by atoms with E-state index < -0.39 is 0 Å². The van der Waals surface area contributed by atoms with Crippen molar-refractivity contribution in [1.82, 2.24) is 14.9 Å². The van der Waals surface area contributed by atoms with Crippen LogP contribution in [0.5, 0.6) is 0 Å². The summed E-state index contributed by atoms with van der Waals surface area (Å²) < 4.78 is 1.94. The molecule has 0 saturated carbocycles. The zero-order valence-corrected chi connectivity index (χ0v) is 18.6. The lowest BCUT2D eigenvalue weighted by Crippen LogP contribution is -2.41. The Kier molecular flexibility index (Phi) is 5.81. The van der Waals surface area contributed by atoms with Crippen molar-refractivity contribution in [2.75, 3.05) is 10.7 Å². The second kappa shape index (κ2) is 8.52. The van der Waals surface area contributed by atoms with Gasteiger partial charge in [0.05, 0.1) is 6.04 Å². The fourth-order valence-electron chi connectivity index (χ4n) is 3.60. The van der Waals surface area contributed by atoms with Gasteiger partial charge in [-0.15, -0.1) is 10.2 Å². The molecular weight excluding hydrogens is 394 g/mol. The lowest BCUT2D eigenvalue weighted by molar-refractivity contribution is -0.116. The van der Waals surface area contributed by atoms with E-state index in [0.717, 1.165) is 46.2 Å². The van der Waals surface area contributed by atoms with Crippen molar-refractivity contribution in [2.45, 2.75) is 57.0 Å². The number of rotatable bonds is 5. The van der Waals surface area contributed by atoms with Gasteiger partial charge in [0, 0.05) is 12.1 Å². The molecule has 0 saturated heterocycles. The smallest absolute Gasteiger partial charge is 0.240 e. The lowest BCUT2D eigenvalue weighted by atomic mass is 10.0. The Morgan fingerprint density at radius 1 is 1.13 bits per heavy atom. The van der Waals surface area contributed by atoms with Crippen molar-refractivity contribution in [1.29, 1.82) is 0 Å². The van der Waals surface area contributed by atoms with Crippen LogP contribution in [0.25, 0.3) is 0 Å². The molecular formula is C23H27N5OS. The van der Waals surface area contributed by atoms with Crippen LogP contribution in [0, 0.1) is 20.8 Å². The molecule has 30 heavy (non-hydrogen) atoms. The van der Waals surface area contributed by atoms with Crippen molar-refractivity contribution < 1.29 is 4.79 Å². The SMILES string of the molecule is CCCc1nnc2n1N[C@@H](c1ccc(C)cc1)[C@H](C(=O)Nc1cccc(C)c1C)S2. The fraction of sp³-hybridized carbons (Fsp3) is 0.348. The minimum atomic E-state index is -0.376. The normalized spacial score (nSPS) is 17.9. The molecule has 1 aliphatic heterocycles. The summed E-state index contributed by atoms with van der Waals surface area (Å²) in [5.41, 5.74) is 8.86. The Labute approximate surface area is 181 Å². The molecule has 0 fully saturated rings. The first-order chi connectivity index (χ1) is 14.5. The third kappa shape index (κ3) is 3.94. The van der Waals surface area contributed by atoms with Gasteiger partial charge in [0.1, 0.15) is 5.25 Å². The predicted octanol–water partition coefficient (Wildman–Crippen LogP) is 4.55. The highest BCUT2D eigenvalue weighted by Gasteiger charge is 2.37. The summed E-state index contributed by atoms with van der Waals surface area (Å²) in [5.74, 6) is 0.851. The quantitative estimate of drug-likeness (QED) is 0.632. The average molecular weight is 422 g/mol. The number of aromatic nitrogens is 3. The van der Waals surface area contributed by atoms with Gasteiger partial charge >= 0.3 is 0 Å². The summed E-state index contributed by atoms with van der Waals surface area (Å²) in [6, 6.07) is 14.1. The highest BCUT2D eigenvalue weighted by atomic mass is 32.2. The third-order valence-electron chi connectivity index (χ3n) is 5.53. The minimum absolute atomic E-state index is 0.0435. The van der Waals surface area contributed by atoms with Gasteiger partial charge in [-0.05, 0) is 49.9 Å². The van der Waals surface area contributed by atoms with Gasteiger partial charge in [0.2, 0.25) is 11.1 Å². The van der Waals surface area contributed by atoms with Crippen LogP contribution < -0.4 is 10.7 Å². The number of amides is 1. The van der Waals surface area contributed by atoms with Crippen LogP contribution in [0.4, 0.5) is 5.69 Å². The van der Waals surface area contributed by atoms with Crippen molar-refractivity contribution in [2.24, 2.45) is 0 Å². The molecule has 0 radical (unpaired) electrons. The van der Waals surface area contributed by atoms with Gasteiger partial charge in [-0.3, -0.25) is 4.79 Å². The van der Waals surface area contributed by atoms with Crippen LogP contribution in [0.1, 0.15) is 47.5 Å². The number of nitrogens with one attached hydrogen (secondary N) is 2. The molecule has 156 valence electrons. The van der Waals surface area contributed by atoms with Crippen molar-refractivity contribution in [3.05, 3.63) is 70.5 Å². The molecule has 0 unspecified atom stereocenters. The van der Waals surface area contributed by atoms with Crippen LogP contribution in [-0.2, 0) is 11.2 Å². The summed E-state index contributed by atoms with van der Waals surface area (Å²) in [6.07, 6.45) is 1.82. The number of carbonyl (C=O) groups is 1. The zero-order chi connectivity index (χ0) is 21.3. The number of benzene rings is 2. The van der Waals surface area contributed by atoms with Gasteiger partial charge in [0.15, 0.2) is 5.82 Å². The summed E-state index contributed by atoms with van der Waals surface area (Å²) >= 11 is 1.46. The molecule has 7 heteroatoms. The Bertz CT molecular complexity index is 1060. The first kappa shape index (κ1) is 20.5. The molecule has 3 aromatic rings. The van der Waals surface area contributed by atoms with E-state index in [1.807, 2.05) is 23.7 Å². The summed E-state index contributed by atoms with van der Waals surface area (Å²) in [6.45, 7) is 8.27. The first-order valence-electron chi connectivity index (χ1n) is 10.3. The van der Waals surface area contributed by atoms with Gasteiger partial charge < -0.3 is 10.7 Å². The van der Waals surface area contributed by atoms with Crippen LogP contribution in [-0.4, -0.2) is 26.0 Å². The van der Waals surface area contributed by atoms with E-state index in [1.54, 1.807) is 0 Å². The van der Waals surface area contributed by atoms with E-state index >= 15 is 0 Å². The van der Waals surface area contributed by atoms with Gasteiger partial charge in [-0.25, -0.2) is 4.68 Å². The largest absolute Gasteiger partial charge is 0.325 e. The summed E-state index contributed by atoms with van der Waals surface area (Å²) in [7, 11) is 0. The molecule has 2 aromatic carbocycles. The molecule has 0 spiro atoms. The van der Waals surface area contributed by atoms with E-state index in [1.165, 1.54) is 17.3 Å². The number of aryl methyl sites for hydroxylation is 3. The highest BCUT2D eigenvalue weighted by molar-refractivity contribution is 8.00. The monoisotopic (exact) mass is 421 g/mol. The first-order valence-corrected chi connectivity index (χ1v) is 11.2. The van der Waals surface area contributed by atoms with Crippen molar-refractivity contribution in [3.8, 4) is 0 Å². The van der Waals surface area contributed by atoms with E-state index in [9.17, 15) is 4.79 Å². The maximum absolute atomic E-state index is 13.4. The average Bonchev–Trinajstić information content (AvgIpc) is 3.13. The maximum atomic E-state index is 13.4. The molecule has 1 aliphatic rings. The molecule has 2 atom stereocenters. The molecule has 6 nitrogen and oxygen atoms in total. The van der Waals surface area contributed by atoms with E-state index in [-0.39, 0.29) is 17.2 Å². The second-order valence-electron chi connectivity index (χ2n) is 7.78. The van der Waals surface area contributed by atoms with Crippen molar-refractivity contribution in [3.63, 3.8) is 0 Å². The van der Waals surface area contributed by atoms with E-state index in [4.69, 9.17) is 0 Å². The van der Waals surface area contributed by atoms with Gasteiger partial charge in [0.25, 0.3) is 0 Å². The zero-order valence-electron chi connectivity index (χ0n) is 17.8. The second-order valence-corrected chi connectivity index (χ2v) is 8.89.